The Morgan fingerprint density at radius 1 is 0.945 bits per heavy atom. The highest BCUT2D eigenvalue weighted by atomic mass is 16.7. The van der Waals surface area contributed by atoms with Gasteiger partial charge in [0.05, 0.1) is 35.2 Å². The number of aromatic nitrogens is 1. The third-order valence-electron chi connectivity index (χ3n) is 15.7. The number of anilines is 2. The van der Waals surface area contributed by atoms with E-state index in [2.05, 4.69) is 32.5 Å². The molecule has 4 aromatic rings. The van der Waals surface area contributed by atoms with E-state index in [-0.39, 0.29) is 66.5 Å². The first-order valence-corrected chi connectivity index (χ1v) is 25.2. The molecule has 1 amide bonds. The molecule has 8 rings (SSSR count). The van der Waals surface area contributed by atoms with Gasteiger partial charge in [0.1, 0.15) is 34.5 Å². The van der Waals surface area contributed by atoms with Crippen molar-refractivity contribution in [2.75, 3.05) is 70.2 Å². The molecule has 2 fully saturated rings. The summed E-state index contributed by atoms with van der Waals surface area (Å²) in [4.78, 5) is 67.8. The highest BCUT2D eigenvalue weighted by Gasteiger charge is 2.44. The zero-order valence-corrected chi connectivity index (χ0v) is 43.4. The maximum absolute atomic E-state index is 15.1. The molecule has 1 aromatic heterocycles. The quantitative estimate of drug-likeness (QED) is 0.0676. The smallest absolute Gasteiger partial charge is 0.302 e. The number of amides is 1. The Balaban J connectivity index is 1.29. The summed E-state index contributed by atoms with van der Waals surface area (Å²) in [6.45, 7) is 18.9. The summed E-state index contributed by atoms with van der Waals surface area (Å²) in [5.74, 6) is -5.63. The molecule has 4 aliphatic heterocycles. The fourth-order valence-electron chi connectivity index (χ4n) is 11.0. The lowest BCUT2D eigenvalue weighted by atomic mass is 9.78. The molecule has 73 heavy (non-hydrogen) atoms. The monoisotopic (exact) mass is 1010 g/mol. The molecule has 0 aliphatic carbocycles. The minimum Gasteiger partial charge on any atom is -0.507 e. The number of hydrogen-bond donors (Lipinski definition) is 6. The maximum Gasteiger partial charge on any atom is 0.302 e. The summed E-state index contributed by atoms with van der Waals surface area (Å²) in [7, 11) is 3.61. The summed E-state index contributed by atoms with van der Waals surface area (Å²) in [6, 6.07) is 3.21. The molecule has 6 N–H and O–H groups in total. The number of carbonyl (C=O) groups excluding carboxylic acids is 2. The van der Waals surface area contributed by atoms with Crippen LogP contribution in [0.4, 0.5) is 11.4 Å². The number of ether oxygens (including phenoxy) is 4. The number of aliphatic hydroxyl groups is 2. The van der Waals surface area contributed by atoms with Crippen molar-refractivity contribution in [1.29, 1.82) is 0 Å². The SMILES string of the molecule is CO[C@H]1/C=C/O[C@@]2(C)Oc3c(C)c(O)c4c(=O)c(c5oc6cc(N7CCN(CC8CCN(C)CC8)CC7)cc(=O)c6nc5c4c3=C2NO)NC(=O)/C(C)=C\C=C\[C@H](C)[C@H](O)[C@@H](C)[C@@H](O)[C@@H](C)[C@H](OC(C)=O)[C@@H]1C. The van der Waals surface area contributed by atoms with Crippen molar-refractivity contribution < 1.29 is 53.5 Å². The van der Waals surface area contributed by atoms with E-state index in [1.54, 1.807) is 52.0 Å². The highest BCUT2D eigenvalue weighted by Crippen LogP contribution is 2.42. The van der Waals surface area contributed by atoms with Gasteiger partial charge >= 0.3 is 5.97 Å². The molecule has 394 valence electrons. The van der Waals surface area contributed by atoms with Gasteiger partial charge < -0.3 is 53.8 Å². The van der Waals surface area contributed by atoms with Crippen molar-refractivity contribution in [2.24, 2.45) is 29.6 Å². The number of hydrogen-bond acceptors (Lipinski definition) is 18. The Morgan fingerprint density at radius 2 is 1.64 bits per heavy atom. The molecule has 0 spiro atoms. The summed E-state index contributed by atoms with van der Waals surface area (Å²) < 4.78 is 31.0. The predicted molar refractivity (Wildman–Crippen MR) is 276 cm³/mol. The minimum atomic E-state index is -1.89. The molecular weight excluding hydrogens is 941 g/mol. The zero-order valence-electron chi connectivity index (χ0n) is 43.4. The fourth-order valence-corrected chi connectivity index (χ4v) is 11.0. The predicted octanol–water partition coefficient (Wildman–Crippen LogP) is 4.44. The van der Waals surface area contributed by atoms with Crippen molar-refractivity contribution in [3.8, 4) is 11.5 Å². The van der Waals surface area contributed by atoms with Gasteiger partial charge in [-0.3, -0.25) is 34.8 Å². The van der Waals surface area contributed by atoms with Crippen molar-refractivity contribution in [2.45, 2.75) is 98.4 Å². The molecular formula is C54H70N6O13. The van der Waals surface area contributed by atoms with E-state index < -0.39 is 82.4 Å². The Morgan fingerprint density at radius 3 is 2.30 bits per heavy atom. The van der Waals surface area contributed by atoms with Crippen molar-refractivity contribution in [1.82, 2.24) is 20.3 Å². The number of rotatable bonds is 6. The van der Waals surface area contributed by atoms with Crippen LogP contribution < -0.4 is 36.5 Å². The fraction of sp³-hybridized carbons (Fsp3) is 0.537. The average molecular weight is 1010 g/mol. The van der Waals surface area contributed by atoms with E-state index in [0.717, 1.165) is 32.7 Å². The molecule has 19 heteroatoms. The molecule has 0 saturated carbocycles. The Bertz CT molecular complexity index is 3050. The van der Waals surface area contributed by atoms with Crippen LogP contribution in [0.1, 0.15) is 66.9 Å². The number of aliphatic hydroxyl groups excluding tert-OH is 2. The number of esters is 1. The number of fused-ring (bicyclic) bond motifs is 2. The van der Waals surface area contributed by atoms with Gasteiger partial charge in [-0.1, -0.05) is 45.9 Å². The number of methoxy groups -OCH3 is 1. The molecule has 5 heterocycles. The van der Waals surface area contributed by atoms with Gasteiger partial charge in [0.15, 0.2) is 16.7 Å². The molecule has 19 nitrogen and oxygen atoms in total. The molecule has 9 atom stereocenters. The standard InChI is InChI=1S/C54H70N6O13/c1-27-12-11-13-28(2)53(67)56-44-48(66)40-39(43-51(44)72-38-25-35(24-36(62)42(38)55-43)60-21-19-59(20-22-60)26-34-14-17-58(9)18-15-34)41-50(32(6)47(40)65)73-54(8,52(41)57-68)70-23-16-37(69-10)29(3)49(71-33(7)61)31(5)46(64)30(4)45(27)63/h11-13,16,23-25,27,29-31,34,37,45-46,49,57,63-65,68H,14-15,17-22,26H2,1-10H3,(H,56,67)/b12-11+,23-16+,28-13-/t27-,29+,30+,31+,37-,45-,46+,49+,54-/m0/s1. The second kappa shape index (κ2) is 21.4. The molecule has 0 radical (unpaired) electrons. The summed E-state index contributed by atoms with van der Waals surface area (Å²) in [5.41, 5.74) is 0.857. The van der Waals surface area contributed by atoms with E-state index in [1.165, 1.54) is 66.1 Å². The molecule has 4 aliphatic rings. The highest BCUT2D eigenvalue weighted by molar-refractivity contribution is 6.17. The van der Waals surface area contributed by atoms with Crippen LogP contribution in [-0.2, 0) is 23.8 Å². The lowest BCUT2D eigenvalue weighted by Gasteiger charge is -2.39. The van der Waals surface area contributed by atoms with Crippen LogP contribution in [-0.4, -0.2) is 137 Å². The van der Waals surface area contributed by atoms with Gasteiger partial charge in [-0.2, -0.15) is 0 Å². The van der Waals surface area contributed by atoms with Gasteiger partial charge in [0.25, 0.3) is 11.7 Å². The normalized spacial score (nSPS) is 30.0. The number of aromatic hydroxyl groups is 1. The second-order valence-electron chi connectivity index (χ2n) is 20.7. The van der Waals surface area contributed by atoms with Crippen molar-refractivity contribution in [3.63, 3.8) is 0 Å². The first-order valence-electron chi connectivity index (χ1n) is 25.2. The van der Waals surface area contributed by atoms with Gasteiger partial charge in [-0.05, 0) is 58.8 Å². The number of nitrogens with one attached hydrogen (secondary N) is 2. The van der Waals surface area contributed by atoms with Crippen LogP contribution >= 0.6 is 0 Å². The lowest BCUT2D eigenvalue weighted by molar-refractivity contribution is -0.160. The summed E-state index contributed by atoms with van der Waals surface area (Å²) >= 11 is 0. The van der Waals surface area contributed by atoms with E-state index in [0.29, 0.717) is 24.7 Å². The van der Waals surface area contributed by atoms with Crippen LogP contribution in [0, 0.1) is 36.5 Å². The number of likely N-dealkylation sites (tertiary alicyclic amines) is 1. The van der Waals surface area contributed by atoms with Crippen LogP contribution in [0.5, 0.6) is 11.5 Å². The summed E-state index contributed by atoms with van der Waals surface area (Å²) in [5, 5.41) is 48.6. The van der Waals surface area contributed by atoms with Crippen molar-refractivity contribution in [3.05, 3.63) is 79.5 Å². The number of piperazine rings is 1. The number of nitrogens with zero attached hydrogens (tertiary/aromatic N) is 4. The molecule has 4 bridgehead atoms. The average Bonchev–Trinajstić information content (AvgIpc) is 3.67. The number of phenolic OH excluding ortho intramolecular Hbond substituents is 1. The molecule has 2 saturated heterocycles. The van der Waals surface area contributed by atoms with Crippen LogP contribution in [0.2, 0.25) is 0 Å². The van der Waals surface area contributed by atoms with Crippen LogP contribution in [0.25, 0.3) is 38.7 Å². The van der Waals surface area contributed by atoms with E-state index in [9.17, 15) is 34.9 Å². The van der Waals surface area contributed by atoms with Crippen molar-refractivity contribution >= 4 is 61.9 Å². The second-order valence-corrected chi connectivity index (χ2v) is 20.7. The molecule has 3 aromatic carbocycles. The zero-order chi connectivity index (χ0) is 52.8. The van der Waals surface area contributed by atoms with E-state index in [4.69, 9.17) is 28.3 Å². The first kappa shape index (κ1) is 53.2. The Hall–Kier alpha value is -6.09. The number of phenols is 1. The van der Waals surface area contributed by atoms with E-state index in [1.807, 2.05) is 0 Å². The number of allylic oxidation sites excluding steroid dienone is 2. The van der Waals surface area contributed by atoms with Gasteiger partial charge in [-0.15, -0.1) is 0 Å². The Kier molecular flexibility index (Phi) is 15.6. The Labute approximate surface area is 423 Å². The number of carbonyl (C=O) groups is 2. The lowest BCUT2D eigenvalue weighted by Crippen LogP contribution is -2.48. The van der Waals surface area contributed by atoms with Crippen LogP contribution in [0.3, 0.4) is 0 Å². The summed E-state index contributed by atoms with van der Waals surface area (Å²) in [6.07, 6.45) is 5.96. The number of hydroxylamine groups is 1. The first-order chi connectivity index (χ1) is 34.7. The largest absolute Gasteiger partial charge is 0.507 e. The van der Waals surface area contributed by atoms with Crippen LogP contribution in [0.15, 0.2) is 62.3 Å². The number of benzene rings is 3. The van der Waals surface area contributed by atoms with Gasteiger partial charge in [0.2, 0.25) is 10.9 Å². The third-order valence-corrected chi connectivity index (χ3v) is 15.7. The minimum absolute atomic E-state index is 0.000471. The number of piperidine rings is 1. The van der Waals surface area contributed by atoms with E-state index >= 15 is 4.79 Å². The topological polar surface area (TPSA) is 246 Å². The van der Waals surface area contributed by atoms with Gasteiger partial charge in [-0.25, -0.2) is 4.98 Å². The maximum atomic E-state index is 15.1. The molecule has 0 unspecified atom stereocenters. The third kappa shape index (κ3) is 10.3. The van der Waals surface area contributed by atoms with Gasteiger partial charge in [0, 0.05) is 112 Å².